The molecule has 0 fully saturated rings. The van der Waals surface area contributed by atoms with Gasteiger partial charge < -0.3 is 10.8 Å². The summed E-state index contributed by atoms with van der Waals surface area (Å²) in [5, 5.41) is 10.2. The van der Waals surface area contributed by atoms with Gasteiger partial charge in [-0.3, -0.25) is 4.98 Å². The van der Waals surface area contributed by atoms with Crippen molar-refractivity contribution in [2.24, 2.45) is 0 Å². The van der Waals surface area contributed by atoms with Gasteiger partial charge >= 0.3 is 0 Å². The van der Waals surface area contributed by atoms with Gasteiger partial charge in [-0.25, -0.2) is 4.39 Å². The zero-order valence-electron chi connectivity index (χ0n) is 8.77. The SMILES string of the molecule is Nc1ccncc1C(O)c1c(F)cccc1Cl. The van der Waals surface area contributed by atoms with E-state index in [2.05, 4.69) is 4.98 Å². The average Bonchev–Trinajstić information content (AvgIpc) is 2.29. The van der Waals surface area contributed by atoms with Gasteiger partial charge in [0.25, 0.3) is 0 Å². The summed E-state index contributed by atoms with van der Waals surface area (Å²) >= 11 is 5.87. The van der Waals surface area contributed by atoms with Crippen LogP contribution in [-0.4, -0.2) is 10.1 Å². The maximum atomic E-state index is 13.6. The van der Waals surface area contributed by atoms with Crippen LogP contribution in [-0.2, 0) is 0 Å². The molecule has 0 spiro atoms. The molecule has 0 bridgehead atoms. The number of halogens is 2. The van der Waals surface area contributed by atoms with Crippen LogP contribution in [0, 0.1) is 5.82 Å². The fourth-order valence-corrected chi connectivity index (χ4v) is 1.84. The third-order valence-corrected chi connectivity index (χ3v) is 2.78. The summed E-state index contributed by atoms with van der Waals surface area (Å²) in [6, 6.07) is 5.75. The Bertz CT molecular complexity index is 528. The first-order valence-electron chi connectivity index (χ1n) is 4.92. The summed E-state index contributed by atoms with van der Waals surface area (Å²) in [6.07, 6.45) is 1.66. The lowest BCUT2D eigenvalue weighted by Gasteiger charge is -2.15. The number of benzene rings is 1. The fraction of sp³-hybridized carbons (Fsp3) is 0.0833. The number of hydrogen-bond acceptors (Lipinski definition) is 3. The van der Waals surface area contributed by atoms with Gasteiger partial charge in [0, 0.05) is 34.2 Å². The number of anilines is 1. The molecule has 1 aromatic carbocycles. The van der Waals surface area contributed by atoms with E-state index < -0.39 is 11.9 Å². The highest BCUT2D eigenvalue weighted by Crippen LogP contribution is 2.32. The Morgan fingerprint density at radius 2 is 2.12 bits per heavy atom. The minimum Gasteiger partial charge on any atom is -0.398 e. The average molecular weight is 253 g/mol. The molecule has 0 aliphatic heterocycles. The Labute approximate surface area is 103 Å². The van der Waals surface area contributed by atoms with Gasteiger partial charge in [0.15, 0.2) is 0 Å². The van der Waals surface area contributed by atoms with Crippen molar-refractivity contribution in [3.8, 4) is 0 Å². The second kappa shape index (κ2) is 4.69. The smallest absolute Gasteiger partial charge is 0.130 e. The van der Waals surface area contributed by atoms with Crippen molar-refractivity contribution in [1.29, 1.82) is 0 Å². The highest BCUT2D eigenvalue weighted by atomic mass is 35.5. The van der Waals surface area contributed by atoms with Crippen molar-refractivity contribution >= 4 is 17.3 Å². The van der Waals surface area contributed by atoms with E-state index in [1.165, 1.54) is 36.7 Å². The van der Waals surface area contributed by atoms with Crippen LogP contribution >= 0.6 is 11.6 Å². The highest BCUT2D eigenvalue weighted by Gasteiger charge is 2.20. The maximum absolute atomic E-state index is 13.6. The Hall–Kier alpha value is -1.65. The van der Waals surface area contributed by atoms with Crippen molar-refractivity contribution in [3.05, 3.63) is 58.6 Å². The minimum atomic E-state index is -1.22. The van der Waals surface area contributed by atoms with Crippen molar-refractivity contribution < 1.29 is 9.50 Å². The van der Waals surface area contributed by atoms with Gasteiger partial charge in [0.05, 0.1) is 0 Å². The molecule has 3 nitrogen and oxygen atoms in total. The van der Waals surface area contributed by atoms with Gasteiger partial charge in [-0.05, 0) is 18.2 Å². The van der Waals surface area contributed by atoms with Crippen LogP contribution in [0.3, 0.4) is 0 Å². The van der Waals surface area contributed by atoms with Crippen molar-refractivity contribution in [2.45, 2.75) is 6.10 Å². The first-order chi connectivity index (χ1) is 8.11. The van der Waals surface area contributed by atoms with Gasteiger partial charge in [0.2, 0.25) is 0 Å². The molecule has 0 saturated carbocycles. The maximum Gasteiger partial charge on any atom is 0.130 e. The van der Waals surface area contributed by atoms with Crippen LogP contribution < -0.4 is 5.73 Å². The van der Waals surface area contributed by atoms with Gasteiger partial charge in [-0.1, -0.05) is 17.7 Å². The summed E-state index contributed by atoms with van der Waals surface area (Å²) < 4.78 is 13.6. The Morgan fingerprint density at radius 1 is 1.35 bits per heavy atom. The van der Waals surface area contributed by atoms with Crippen LogP contribution in [0.2, 0.25) is 5.02 Å². The number of pyridine rings is 1. The number of nitrogens with zero attached hydrogens (tertiary/aromatic N) is 1. The van der Waals surface area contributed by atoms with E-state index in [0.717, 1.165) is 0 Å². The number of nitrogen functional groups attached to an aromatic ring is 1. The third-order valence-electron chi connectivity index (χ3n) is 2.45. The molecule has 5 heteroatoms. The molecule has 0 aliphatic rings. The minimum absolute atomic E-state index is 0.00821. The molecule has 1 unspecified atom stereocenters. The van der Waals surface area contributed by atoms with E-state index in [1.807, 2.05) is 0 Å². The lowest BCUT2D eigenvalue weighted by Crippen LogP contribution is -2.07. The van der Waals surface area contributed by atoms with Gasteiger partial charge in [-0.15, -0.1) is 0 Å². The van der Waals surface area contributed by atoms with Crippen LogP contribution in [0.1, 0.15) is 17.2 Å². The van der Waals surface area contributed by atoms with Crippen LogP contribution in [0.15, 0.2) is 36.7 Å². The first kappa shape index (κ1) is 11.8. The monoisotopic (exact) mass is 252 g/mol. The topological polar surface area (TPSA) is 59.1 Å². The molecule has 17 heavy (non-hydrogen) atoms. The molecule has 0 saturated heterocycles. The number of rotatable bonds is 2. The van der Waals surface area contributed by atoms with E-state index in [9.17, 15) is 9.50 Å². The molecule has 3 N–H and O–H groups in total. The standard InChI is InChI=1S/C12H10ClFN2O/c13-8-2-1-3-9(14)11(8)12(17)7-6-16-5-4-10(7)15/h1-6,12,17H,(H2,15,16). The zero-order valence-corrected chi connectivity index (χ0v) is 9.53. The predicted octanol–water partition coefficient (Wildman–Crippen LogP) is 2.54. The van der Waals surface area contributed by atoms with E-state index in [4.69, 9.17) is 17.3 Å². The Balaban J connectivity index is 2.51. The number of aromatic nitrogens is 1. The molecule has 2 aromatic rings. The van der Waals surface area contributed by atoms with Crippen LogP contribution in [0.5, 0.6) is 0 Å². The molecule has 1 aromatic heterocycles. The Morgan fingerprint density at radius 3 is 2.76 bits per heavy atom. The van der Waals surface area contributed by atoms with Crippen molar-refractivity contribution in [2.75, 3.05) is 5.73 Å². The second-order valence-electron chi connectivity index (χ2n) is 3.54. The molecule has 1 heterocycles. The summed E-state index contributed by atoms with van der Waals surface area (Å²) in [4.78, 5) is 3.85. The number of nitrogens with two attached hydrogens (primary N) is 1. The molecule has 1 atom stereocenters. The second-order valence-corrected chi connectivity index (χ2v) is 3.95. The van der Waals surface area contributed by atoms with E-state index >= 15 is 0 Å². The van der Waals surface area contributed by atoms with E-state index in [1.54, 1.807) is 0 Å². The summed E-state index contributed by atoms with van der Waals surface area (Å²) in [5.41, 5.74) is 6.37. The third kappa shape index (κ3) is 2.23. The lowest BCUT2D eigenvalue weighted by atomic mass is 10.0. The van der Waals surface area contributed by atoms with Crippen molar-refractivity contribution in [3.63, 3.8) is 0 Å². The lowest BCUT2D eigenvalue weighted by molar-refractivity contribution is 0.215. The highest BCUT2D eigenvalue weighted by molar-refractivity contribution is 6.31. The summed E-state index contributed by atoms with van der Waals surface area (Å²) in [6.45, 7) is 0. The van der Waals surface area contributed by atoms with Crippen LogP contribution in [0.25, 0.3) is 0 Å². The number of aliphatic hydroxyl groups is 1. The largest absolute Gasteiger partial charge is 0.398 e. The molecule has 0 radical (unpaired) electrons. The van der Waals surface area contributed by atoms with Gasteiger partial charge in [-0.2, -0.15) is 0 Å². The van der Waals surface area contributed by atoms with E-state index in [0.29, 0.717) is 11.3 Å². The quantitative estimate of drug-likeness (QED) is 0.864. The first-order valence-corrected chi connectivity index (χ1v) is 5.30. The summed E-state index contributed by atoms with van der Waals surface area (Å²) in [5.74, 6) is -0.576. The van der Waals surface area contributed by atoms with Crippen molar-refractivity contribution in [1.82, 2.24) is 4.98 Å². The zero-order chi connectivity index (χ0) is 12.4. The summed E-state index contributed by atoms with van der Waals surface area (Å²) in [7, 11) is 0. The number of aliphatic hydroxyl groups excluding tert-OH is 1. The van der Waals surface area contributed by atoms with Crippen LogP contribution in [0.4, 0.5) is 10.1 Å². The molecule has 2 rings (SSSR count). The molecule has 88 valence electrons. The van der Waals surface area contributed by atoms with Gasteiger partial charge in [0.1, 0.15) is 11.9 Å². The molecular formula is C12H10ClFN2O. The van der Waals surface area contributed by atoms with E-state index in [-0.39, 0.29) is 10.6 Å². The normalized spacial score (nSPS) is 12.4. The fourth-order valence-electron chi connectivity index (χ4n) is 1.57. The molecule has 0 aliphatic carbocycles. The molecule has 0 amide bonds. The predicted molar refractivity (Wildman–Crippen MR) is 64.1 cm³/mol. The number of hydrogen-bond donors (Lipinski definition) is 2. The molecular weight excluding hydrogens is 243 g/mol. The Kier molecular flexibility index (Phi) is 3.26.